The van der Waals surface area contributed by atoms with Gasteiger partial charge in [-0.3, -0.25) is 0 Å². The van der Waals surface area contributed by atoms with E-state index in [2.05, 4.69) is 0 Å². The molecule has 2 aromatic carbocycles. The van der Waals surface area contributed by atoms with E-state index in [1.54, 1.807) is 17.8 Å². The Morgan fingerprint density at radius 2 is 1.46 bits per heavy atom. The average Bonchev–Trinajstić information content (AvgIpc) is 2.54. The van der Waals surface area contributed by atoms with Gasteiger partial charge in [0.15, 0.2) is 9.84 Å². The van der Waals surface area contributed by atoms with E-state index in [-0.39, 0.29) is 23.1 Å². The van der Waals surface area contributed by atoms with Crippen LogP contribution in [0.25, 0.3) is 0 Å². The van der Waals surface area contributed by atoms with Crippen molar-refractivity contribution in [2.45, 2.75) is 23.0 Å². The Labute approximate surface area is 156 Å². The summed E-state index contributed by atoms with van der Waals surface area (Å²) in [6, 6.07) is 9.94. The standard InChI is InChI=1S/C8H9ClO3S.C8H9ClOS/c1-13(11,12)8-3-2-6(5-10)4-7(8)9;1-11-8-3-2-6(5-10)4-7(8)9/h2-4,10H,5H2,1H3;2-4,10H,5H2,1H3. The molecule has 0 saturated heterocycles. The number of benzene rings is 2. The van der Waals surface area contributed by atoms with Gasteiger partial charge in [0.1, 0.15) is 0 Å². The lowest BCUT2D eigenvalue weighted by atomic mass is 10.2. The van der Waals surface area contributed by atoms with E-state index in [0.717, 1.165) is 16.7 Å². The maximum absolute atomic E-state index is 11.1. The van der Waals surface area contributed by atoms with Crippen molar-refractivity contribution in [1.29, 1.82) is 0 Å². The average molecular weight is 409 g/mol. The maximum atomic E-state index is 11.1. The highest BCUT2D eigenvalue weighted by Gasteiger charge is 2.11. The van der Waals surface area contributed by atoms with Crippen LogP contribution in [0, 0.1) is 0 Å². The second-order valence-electron chi connectivity index (χ2n) is 4.82. The fourth-order valence-corrected chi connectivity index (χ4v) is 4.00. The first-order chi connectivity index (χ1) is 11.2. The summed E-state index contributed by atoms with van der Waals surface area (Å²) < 4.78 is 22.2. The van der Waals surface area contributed by atoms with Crippen LogP contribution in [-0.4, -0.2) is 31.1 Å². The van der Waals surface area contributed by atoms with Gasteiger partial charge in [-0.1, -0.05) is 35.3 Å². The van der Waals surface area contributed by atoms with Crippen molar-refractivity contribution in [3.8, 4) is 0 Å². The molecule has 4 nitrogen and oxygen atoms in total. The lowest BCUT2D eigenvalue weighted by Crippen LogP contribution is -1.98. The fraction of sp³-hybridized carbons (Fsp3) is 0.250. The van der Waals surface area contributed by atoms with Gasteiger partial charge in [-0.25, -0.2) is 8.42 Å². The van der Waals surface area contributed by atoms with E-state index < -0.39 is 9.84 Å². The molecule has 132 valence electrons. The second-order valence-corrected chi connectivity index (χ2v) is 8.47. The summed E-state index contributed by atoms with van der Waals surface area (Å²) in [7, 11) is -3.27. The highest BCUT2D eigenvalue weighted by molar-refractivity contribution is 7.98. The number of hydrogen-bond acceptors (Lipinski definition) is 5. The van der Waals surface area contributed by atoms with Gasteiger partial charge in [-0.05, 0) is 41.6 Å². The number of aliphatic hydroxyl groups is 2. The van der Waals surface area contributed by atoms with Gasteiger partial charge in [0.2, 0.25) is 0 Å². The topological polar surface area (TPSA) is 74.6 Å². The third kappa shape index (κ3) is 6.27. The van der Waals surface area contributed by atoms with E-state index in [4.69, 9.17) is 33.4 Å². The van der Waals surface area contributed by atoms with Crippen molar-refractivity contribution in [3.05, 3.63) is 57.6 Å². The van der Waals surface area contributed by atoms with Crippen molar-refractivity contribution in [2.75, 3.05) is 12.5 Å². The minimum Gasteiger partial charge on any atom is -0.392 e. The SMILES string of the molecule is CS(=O)(=O)c1ccc(CO)cc1Cl.CSc1ccc(CO)cc1Cl. The van der Waals surface area contributed by atoms with Gasteiger partial charge in [0.05, 0.1) is 28.2 Å². The van der Waals surface area contributed by atoms with Crippen molar-refractivity contribution in [1.82, 2.24) is 0 Å². The van der Waals surface area contributed by atoms with Crippen LogP contribution in [-0.2, 0) is 23.1 Å². The molecule has 0 saturated carbocycles. The normalized spacial score (nSPS) is 10.9. The second kappa shape index (κ2) is 9.65. The fourth-order valence-electron chi connectivity index (χ4n) is 1.75. The molecule has 0 heterocycles. The Hall–Kier alpha value is -0.760. The Kier molecular flexibility index (Phi) is 8.56. The summed E-state index contributed by atoms with van der Waals surface area (Å²) >= 11 is 13.2. The van der Waals surface area contributed by atoms with E-state index in [0.29, 0.717) is 10.6 Å². The van der Waals surface area contributed by atoms with Crippen LogP contribution in [0.4, 0.5) is 0 Å². The van der Waals surface area contributed by atoms with Gasteiger partial charge < -0.3 is 10.2 Å². The molecular formula is C16H18Cl2O4S2. The smallest absolute Gasteiger partial charge is 0.176 e. The molecule has 0 radical (unpaired) electrons. The first kappa shape index (κ1) is 21.3. The minimum absolute atomic E-state index is 0.0500. The number of thioether (sulfide) groups is 1. The third-order valence-electron chi connectivity index (χ3n) is 2.98. The van der Waals surface area contributed by atoms with E-state index in [1.807, 2.05) is 18.4 Å². The van der Waals surface area contributed by atoms with Gasteiger partial charge in [0, 0.05) is 11.2 Å². The van der Waals surface area contributed by atoms with Crippen LogP contribution in [0.3, 0.4) is 0 Å². The van der Waals surface area contributed by atoms with Crippen molar-refractivity contribution < 1.29 is 18.6 Å². The molecule has 0 aliphatic heterocycles. The highest BCUT2D eigenvalue weighted by atomic mass is 35.5. The van der Waals surface area contributed by atoms with Crippen LogP contribution in [0.5, 0.6) is 0 Å². The molecule has 0 aliphatic rings. The predicted molar refractivity (Wildman–Crippen MR) is 99.6 cm³/mol. The van der Waals surface area contributed by atoms with E-state index >= 15 is 0 Å². The minimum atomic E-state index is -3.27. The Morgan fingerprint density at radius 3 is 1.83 bits per heavy atom. The number of hydrogen-bond donors (Lipinski definition) is 2. The summed E-state index contributed by atoms with van der Waals surface area (Å²) in [5.41, 5.74) is 1.45. The molecule has 0 aliphatic carbocycles. The number of halogens is 2. The van der Waals surface area contributed by atoms with E-state index in [1.165, 1.54) is 18.2 Å². The highest BCUT2D eigenvalue weighted by Crippen LogP contribution is 2.25. The largest absolute Gasteiger partial charge is 0.392 e. The molecule has 2 aromatic rings. The molecule has 0 atom stereocenters. The molecule has 2 N–H and O–H groups in total. The van der Waals surface area contributed by atoms with Gasteiger partial charge in [0.25, 0.3) is 0 Å². The zero-order valence-corrected chi connectivity index (χ0v) is 16.3. The third-order valence-corrected chi connectivity index (χ3v) is 5.78. The molecular weight excluding hydrogens is 391 g/mol. The summed E-state index contributed by atoms with van der Waals surface area (Å²) in [5.74, 6) is 0. The molecule has 24 heavy (non-hydrogen) atoms. The van der Waals surface area contributed by atoms with Crippen molar-refractivity contribution in [3.63, 3.8) is 0 Å². The van der Waals surface area contributed by atoms with Crippen LogP contribution < -0.4 is 0 Å². The molecule has 0 amide bonds. The monoisotopic (exact) mass is 408 g/mol. The lowest BCUT2D eigenvalue weighted by Gasteiger charge is -2.02. The number of sulfone groups is 1. The molecule has 0 unspecified atom stereocenters. The summed E-state index contributed by atoms with van der Waals surface area (Å²) in [4.78, 5) is 1.13. The zero-order chi connectivity index (χ0) is 18.3. The predicted octanol–water partition coefficient (Wildman–Crippen LogP) is 3.79. The number of aliphatic hydroxyl groups excluding tert-OH is 2. The van der Waals surface area contributed by atoms with Crippen LogP contribution in [0.2, 0.25) is 10.0 Å². The summed E-state index contributed by atoms with van der Waals surface area (Å²) in [6.45, 7) is -0.0991. The Morgan fingerprint density at radius 1 is 0.958 bits per heavy atom. The maximum Gasteiger partial charge on any atom is 0.176 e. The molecule has 0 fully saturated rings. The molecule has 0 spiro atoms. The number of rotatable bonds is 4. The quantitative estimate of drug-likeness (QED) is 0.752. The van der Waals surface area contributed by atoms with Crippen molar-refractivity contribution >= 4 is 44.8 Å². The van der Waals surface area contributed by atoms with Crippen LogP contribution in [0.1, 0.15) is 11.1 Å². The molecule has 8 heteroatoms. The Balaban J connectivity index is 0.000000243. The van der Waals surface area contributed by atoms with Crippen molar-refractivity contribution in [2.24, 2.45) is 0 Å². The summed E-state index contributed by atoms with van der Waals surface area (Å²) in [5, 5.41) is 18.4. The van der Waals surface area contributed by atoms with Gasteiger partial charge >= 0.3 is 0 Å². The van der Waals surface area contributed by atoms with Gasteiger partial charge in [-0.15, -0.1) is 11.8 Å². The molecule has 0 aromatic heterocycles. The van der Waals surface area contributed by atoms with Gasteiger partial charge in [-0.2, -0.15) is 0 Å². The summed E-state index contributed by atoms with van der Waals surface area (Å²) in [6.07, 6.45) is 3.06. The molecule has 0 bridgehead atoms. The first-order valence-electron chi connectivity index (χ1n) is 6.75. The van der Waals surface area contributed by atoms with Crippen LogP contribution >= 0.6 is 35.0 Å². The zero-order valence-electron chi connectivity index (χ0n) is 13.2. The van der Waals surface area contributed by atoms with Crippen LogP contribution in [0.15, 0.2) is 46.2 Å². The molecule has 2 rings (SSSR count). The first-order valence-corrected chi connectivity index (χ1v) is 10.6. The van der Waals surface area contributed by atoms with E-state index in [9.17, 15) is 8.42 Å². The lowest BCUT2D eigenvalue weighted by molar-refractivity contribution is 0.281. The Bertz CT molecular complexity index is 793.